The summed E-state index contributed by atoms with van der Waals surface area (Å²) in [5, 5.41) is 3.62. The molecule has 1 aliphatic heterocycles. The molecule has 1 N–H and O–H groups in total. The van der Waals surface area contributed by atoms with Crippen molar-refractivity contribution in [3.8, 4) is 0 Å². The highest BCUT2D eigenvalue weighted by molar-refractivity contribution is 4.75. The van der Waals surface area contributed by atoms with Gasteiger partial charge in [-0.3, -0.25) is 4.90 Å². The predicted molar refractivity (Wildman–Crippen MR) is 61.4 cm³/mol. The monoisotopic (exact) mass is 199 g/mol. The second-order valence-corrected chi connectivity index (χ2v) is 4.79. The molecule has 3 heteroatoms. The van der Waals surface area contributed by atoms with E-state index in [0.717, 1.165) is 12.7 Å². The van der Waals surface area contributed by atoms with Crippen molar-refractivity contribution in [3.63, 3.8) is 0 Å². The third-order valence-electron chi connectivity index (χ3n) is 3.23. The smallest absolute Gasteiger partial charge is 0.0482 e. The molecule has 0 aromatic carbocycles. The first-order chi connectivity index (χ1) is 6.59. The van der Waals surface area contributed by atoms with Crippen LogP contribution in [0.3, 0.4) is 0 Å². The molecule has 0 atom stereocenters. The topological polar surface area (TPSA) is 18.5 Å². The minimum atomic E-state index is 0.633. The molecule has 0 bridgehead atoms. The van der Waals surface area contributed by atoms with E-state index in [1.54, 1.807) is 0 Å². The molecular formula is C11H25N3. The maximum atomic E-state index is 3.62. The molecule has 0 radical (unpaired) electrons. The summed E-state index contributed by atoms with van der Waals surface area (Å²) >= 11 is 0. The number of rotatable bonds is 4. The highest BCUT2D eigenvalue weighted by Gasteiger charge is 2.16. The van der Waals surface area contributed by atoms with E-state index in [2.05, 4.69) is 43.1 Å². The molecule has 1 aliphatic rings. The average molecular weight is 199 g/mol. The molecule has 0 spiro atoms. The molecule has 0 aromatic rings. The maximum absolute atomic E-state index is 3.62. The molecule has 1 rings (SSSR count). The van der Waals surface area contributed by atoms with Gasteiger partial charge in [0.25, 0.3) is 0 Å². The zero-order valence-electron chi connectivity index (χ0n) is 10.1. The fourth-order valence-electron chi connectivity index (χ4n) is 1.67. The third kappa shape index (κ3) is 3.95. The van der Waals surface area contributed by atoms with E-state index >= 15 is 0 Å². The molecule has 1 fully saturated rings. The molecule has 1 saturated heterocycles. The Morgan fingerprint density at radius 2 is 1.93 bits per heavy atom. The standard InChI is InChI=1S/C11H25N3/c1-10(2)14(4)9-12-11-5-7-13(3)8-6-11/h10-12H,5-9H2,1-4H3. The Hall–Kier alpha value is -0.120. The number of nitrogens with one attached hydrogen (secondary N) is 1. The van der Waals surface area contributed by atoms with E-state index in [1.807, 2.05) is 0 Å². The van der Waals surface area contributed by atoms with Crippen LogP contribution in [0, 0.1) is 0 Å². The van der Waals surface area contributed by atoms with Gasteiger partial charge in [0.1, 0.15) is 0 Å². The van der Waals surface area contributed by atoms with Crippen LogP contribution in [0.1, 0.15) is 26.7 Å². The van der Waals surface area contributed by atoms with Gasteiger partial charge in [-0.2, -0.15) is 0 Å². The van der Waals surface area contributed by atoms with Gasteiger partial charge in [-0.1, -0.05) is 0 Å². The Bertz CT molecular complexity index is 151. The summed E-state index contributed by atoms with van der Waals surface area (Å²) in [6.45, 7) is 7.96. The second kappa shape index (κ2) is 5.69. The van der Waals surface area contributed by atoms with E-state index in [-0.39, 0.29) is 0 Å². The minimum Gasteiger partial charge on any atom is -0.306 e. The lowest BCUT2D eigenvalue weighted by atomic mass is 10.1. The van der Waals surface area contributed by atoms with Crippen LogP contribution in [0.25, 0.3) is 0 Å². The number of hydrogen-bond acceptors (Lipinski definition) is 3. The quantitative estimate of drug-likeness (QED) is 0.681. The SMILES string of the molecule is CC(C)N(C)CNC1CCN(C)CC1. The molecule has 0 amide bonds. The molecule has 84 valence electrons. The second-order valence-electron chi connectivity index (χ2n) is 4.79. The van der Waals surface area contributed by atoms with E-state index in [4.69, 9.17) is 0 Å². The molecule has 0 aromatic heterocycles. The van der Waals surface area contributed by atoms with Gasteiger partial charge in [-0.25, -0.2) is 0 Å². The van der Waals surface area contributed by atoms with Crippen molar-refractivity contribution in [1.29, 1.82) is 0 Å². The zero-order valence-corrected chi connectivity index (χ0v) is 10.1. The van der Waals surface area contributed by atoms with Crippen molar-refractivity contribution in [3.05, 3.63) is 0 Å². The van der Waals surface area contributed by atoms with E-state index < -0.39 is 0 Å². The van der Waals surface area contributed by atoms with Crippen molar-refractivity contribution in [2.75, 3.05) is 33.9 Å². The molecule has 14 heavy (non-hydrogen) atoms. The van der Waals surface area contributed by atoms with Gasteiger partial charge in [-0.15, -0.1) is 0 Å². The first-order valence-electron chi connectivity index (χ1n) is 5.71. The van der Waals surface area contributed by atoms with Crippen molar-refractivity contribution < 1.29 is 0 Å². The van der Waals surface area contributed by atoms with Crippen molar-refractivity contribution in [1.82, 2.24) is 15.1 Å². The highest BCUT2D eigenvalue weighted by Crippen LogP contribution is 2.07. The van der Waals surface area contributed by atoms with Crippen LogP contribution in [-0.4, -0.2) is 55.7 Å². The molecule has 0 unspecified atom stereocenters. The minimum absolute atomic E-state index is 0.633. The van der Waals surface area contributed by atoms with Gasteiger partial charge in [0.2, 0.25) is 0 Å². The molecule has 1 heterocycles. The summed E-state index contributed by atoms with van der Waals surface area (Å²) in [5.41, 5.74) is 0. The van der Waals surface area contributed by atoms with Crippen molar-refractivity contribution in [2.45, 2.75) is 38.8 Å². The molecule has 0 saturated carbocycles. The Labute approximate surface area is 88.5 Å². The number of nitrogens with zero attached hydrogens (tertiary/aromatic N) is 2. The number of likely N-dealkylation sites (tertiary alicyclic amines) is 1. The first-order valence-corrected chi connectivity index (χ1v) is 5.71. The normalized spacial score (nSPS) is 21.0. The van der Waals surface area contributed by atoms with Crippen LogP contribution in [0.4, 0.5) is 0 Å². The van der Waals surface area contributed by atoms with E-state index in [9.17, 15) is 0 Å². The average Bonchev–Trinajstić information content (AvgIpc) is 2.16. The summed E-state index contributed by atoms with van der Waals surface area (Å²) in [4.78, 5) is 4.75. The van der Waals surface area contributed by atoms with Crippen LogP contribution >= 0.6 is 0 Å². The Morgan fingerprint density at radius 1 is 1.36 bits per heavy atom. The van der Waals surface area contributed by atoms with Crippen LogP contribution in [0.15, 0.2) is 0 Å². The summed E-state index contributed by atoms with van der Waals surface area (Å²) in [5.74, 6) is 0. The fraction of sp³-hybridized carbons (Fsp3) is 1.00. The highest BCUT2D eigenvalue weighted by atomic mass is 15.2. The van der Waals surface area contributed by atoms with Gasteiger partial charge in [0, 0.05) is 18.8 Å². The number of hydrogen-bond donors (Lipinski definition) is 1. The zero-order chi connectivity index (χ0) is 10.6. The third-order valence-corrected chi connectivity index (χ3v) is 3.23. The largest absolute Gasteiger partial charge is 0.306 e. The summed E-state index contributed by atoms with van der Waals surface area (Å²) in [7, 11) is 4.38. The van der Waals surface area contributed by atoms with Crippen LogP contribution < -0.4 is 5.32 Å². The Kier molecular flexibility index (Phi) is 4.85. The lowest BCUT2D eigenvalue weighted by Gasteiger charge is -2.31. The van der Waals surface area contributed by atoms with Crippen LogP contribution in [-0.2, 0) is 0 Å². The number of piperidine rings is 1. The van der Waals surface area contributed by atoms with Crippen LogP contribution in [0.2, 0.25) is 0 Å². The summed E-state index contributed by atoms with van der Waals surface area (Å²) < 4.78 is 0. The molecular weight excluding hydrogens is 174 g/mol. The predicted octanol–water partition coefficient (Wildman–Crippen LogP) is 0.968. The van der Waals surface area contributed by atoms with Gasteiger partial charge in [0.15, 0.2) is 0 Å². The van der Waals surface area contributed by atoms with Crippen molar-refractivity contribution >= 4 is 0 Å². The van der Waals surface area contributed by atoms with Gasteiger partial charge >= 0.3 is 0 Å². The Balaban J connectivity index is 2.13. The fourth-order valence-corrected chi connectivity index (χ4v) is 1.67. The van der Waals surface area contributed by atoms with Crippen LogP contribution in [0.5, 0.6) is 0 Å². The van der Waals surface area contributed by atoms with E-state index in [0.29, 0.717) is 6.04 Å². The summed E-state index contributed by atoms with van der Waals surface area (Å²) in [6, 6.07) is 1.36. The Morgan fingerprint density at radius 3 is 2.43 bits per heavy atom. The lowest BCUT2D eigenvalue weighted by Crippen LogP contribution is -2.45. The van der Waals surface area contributed by atoms with Gasteiger partial charge in [-0.05, 0) is 53.9 Å². The first kappa shape index (κ1) is 12.0. The van der Waals surface area contributed by atoms with Gasteiger partial charge < -0.3 is 10.2 Å². The molecule has 0 aliphatic carbocycles. The molecule has 3 nitrogen and oxygen atoms in total. The lowest BCUT2D eigenvalue weighted by molar-refractivity contribution is 0.193. The van der Waals surface area contributed by atoms with Crippen molar-refractivity contribution in [2.24, 2.45) is 0 Å². The maximum Gasteiger partial charge on any atom is 0.0482 e. The summed E-state index contributed by atoms with van der Waals surface area (Å²) in [6.07, 6.45) is 2.59. The van der Waals surface area contributed by atoms with E-state index in [1.165, 1.54) is 25.9 Å². The van der Waals surface area contributed by atoms with Gasteiger partial charge in [0.05, 0.1) is 0 Å².